The zero-order valence-corrected chi connectivity index (χ0v) is 20.0. The summed E-state index contributed by atoms with van der Waals surface area (Å²) in [5.41, 5.74) is 2.06. The van der Waals surface area contributed by atoms with Crippen LogP contribution in [0.25, 0.3) is 0 Å². The minimum absolute atomic E-state index is 0.0202. The van der Waals surface area contributed by atoms with Crippen molar-refractivity contribution in [1.29, 1.82) is 0 Å². The van der Waals surface area contributed by atoms with Crippen LogP contribution in [0.1, 0.15) is 39.2 Å². The van der Waals surface area contributed by atoms with Crippen molar-refractivity contribution in [1.82, 2.24) is 10.2 Å². The van der Waals surface area contributed by atoms with Crippen molar-refractivity contribution >= 4 is 41.1 Å². The highest BCUT2D eigenvalue weighted by Gasteiger charge is 2.51. The number of benzene rings is 1. The van der Waals surface area contributed by atoms with Crippen molar-refractivity contribution < 1.29 is 24.2 Å². The molecule has 0 saturated heterocycles. The van der Waals surface area contributed by atoms with Gasteiger partial charge in [-0.05, 0) is 48.7 Å². The Bertz CT molecular complexity index is 1060. The van der Waals surface area contributed by atoms with Crippen molar-refractivity contribution in [2.45, 2.75) is 49.9 Å². The lowest BCUT2D eigenvalue weighted by Gasteiger charge is -2.29. The maximum Gasteiger partial charge on any atom is 0.293 e. The number of halogens is 1. The van der Waals surface area contributed by atoms with Crippen molar-refractivity contribution in [3.63, 3.8) is 0 Å². The van der Waals surface area contributed by atoms with E-state index in [1.54, 1.807) is 12.1 Å². The first-order valence-corrected chi connectivity index (χ1v) is 12.2. The molecule has 2 aliphatic rings. The van der Waals surface area contributed by atoms with Gasteiger partial charge in [0.1, 0.15) is 11.6 Å². The average Bonchev–Trinajstić information content (AvgIpc) is 3.29. The van der Waals surface area contributed by atoms with Gasteiger partial charge in [-0.2, -0.15) is 0 Å². The summed E-state index contributed by atoms with van der Waals surface area (Å²) in [4.78, 5) is 40.0. The molecule has 4 rings (SSSR count). The van der Waals surface area contributed by atoms with E-state index in [2.05, 4.69) is 29.4 Å². The second-order valence-electron chi connectivity index (χ2n) is 8.89. The molecule has 2 aromatic rings. The Morgan fingerprint density at radius 2 is 2.00 bits per heavy atom. The topological polar surface area (TPSA) is 95.9 Å². The van der Waals surface area contributed by atoms with Gasteiger partial charge in [-0.15, -0.1) is 11.3 Å². The summed E-state index contributed by atoms with van der Waals surface area (Å²) >= 11 is 7.07. The molecule has 176 valence electrons. The number of nitrogens with one attached hydrogen (secondary N) is 1. The van der Waals surface area contributed by atoms with E-state index in [-0.39, 0.29) is 31.5 Å². The van der Waals surface area contributed by atoms with Gasteiger partial charge in [-0.25, -0.2) is 0 Å². The molecule has 1 fully saturated rings. The molecule has 1 amide bonds. The van der Waals surface area contributed by atoms with Crippen LogP contribution in [0.5, 0.6) is 0 Å². The number of aliphatic hydroxyl groups is 1. The van der Waals surface area contributed by atoms with Gasteiger partial charge in [0.15, 0.2) is 5.78 Å². The van der Waals surface area contributed by atoms with E-state index in [1.807, 2.05) is 6.07 Å². The number of ketones is 1. The molecule has 7 nitrogen and oxygen atoms in total. The summed E-state index contributed by atoms with van der Waals surface area (Å²) in [5.74, 6) is -0.663. The molecule has 3 unspecified atom stereocenters. The molecule has 2 heterocycles. The Hall–Kier alpha value is -2.26. The van der Waals surface area contributed by atoms with Crippen molar-refractivity contribution in [3.05, 3.63) is 56.2 Å². The summed E-state index contributed by atoms with van der Waals surface area (Å²) in [7, 11) is 2.10. The fourth-order valence-electron chi connectivity index (χ4n) is 4.73. The van der Waals surface area contributed by atoms with Crippen LogP contribution in [0, 0.1) is 0 Å². The number of hydrogen-bond donors (Lipinski definition) is 2. The van der Waals surface area contributed by atoms with Gasteiger partial charge in [-0.3, -0.25) is 14.4 Å². The SMILES string of the molecule is CN1CCc2ccc(CC(=O)C3(NC(=O)c4ccc(Cl)s4)CC(O)C(OC=O)C3)cc2CC1. The van der Waals surface area contributed by atoms with Gasteiger partial charge in [0.2, 0.25) is 0 Å². The average molecular weight is 491 g/mol. The molecule has 0 spiro atoms. The normalized spacial score (nSPS) is 25.2. The van der Waals surface area contributed by atoms with E-state index >= 15 is 0 Å². The summed E-state index contributed by atoms with van der Waals surface area (Å²) in [5, 5.41) is 13.3. The fraction of sp³-hybridized carbons (Fsp3) is 0.458. The number of carbonyl (C=O) groups is 3. The molecule has 3 atom stereocenters. The largest absolute Gasteiger partial charge is 0.462 e. The molecule has 9 heteroatoms. The van der Waals surface area contributed by atoms with Gasteiger partial charge in [0.25, 0.3) is 12.4 Å². The lowest BCUT2D eigenvalue weighted by molar-refractivity contribution is -0.138. The quantitative estimate of drug-likeness (QED) is 0.579. The smallest absolute Gasteiger partial charge is 0.293 e. The number of fused-ring (bicyclic) bond motifs is 1. The summed E-state index contributed by atoms with van der Waals surface area (Å²) in [6.45, 7) is 2.23. The molecule has 1 aliphatic carbocycles. The molecular weight excluding hydrogens is 464 g/mol. The van der Waals surface area contributed by atoms with Gasteiger partial charge >= 0.3 is 0 Å². The number of carbonyl (C=O) groups excluding carboxylic acids is 3. The Kier molecular flexibility index (Phi) is 7.19. The van der Waals surface area contributed by atoms with Gasteiger partial charge in [-0.1, -0.05) is 29.8 Å². The van der Waals surface area contributed by atoms with Crippen LogP contribution in [0.3, 0.4) is 0 Å². The zero-order chi connectivity index (χ0) is 23.6. The molecule has 0 radical (unpaired) electrons. The van der Waals surface area contributed by atoms with E-state index in [0.29, 0.717) is 9.21 Å². The maximum atomic E-state index is 13.6. The van der Waals surface area contributed by atoms with E-state index < -0.39 is 23.7 Å². The van der Waals surface area contributed by atoms with Crippen molar-refractivity contribution in [2.75, 3.05) is 20.1 Å². The monoisotopic (exact) mass is 490 g/mol. The first-order chi connectivity index (χ1) is 15.8. The number of aliphatic hydroxyl groups excluding tert-OH is 1. The van der Waals surface area contributed by atoms with Gasteiger partial charge in [0.05, 0.1) is 15.3 Å². The fourth-order valence-corrected chi connectivity index (χ4v) is 5.67. The predicted molar refractivity (Wildman–Crippen MR) is 126 cm³/mol. The summed E-state index contributed by atoms with van der Waals surface area (Å²) in [6, 6.07) is 9.32. The molecule has 1 saturated carbocycles. The molecule has 0 bridgehead atoms. The van der Waals surface area contributed by atoms with Crippen LogP contribution >= 0.6 is 22.9 Å². The molecule has 1 aromatic carbocycles. The van der Waals surface area contributed by atoms with Gasteiger partial charge < -0.3 is 20.1 Å². The number of hydrogen-bond acceptors (Lipinski definition) is 7. The lowest BCUT2D eigenvalue weighted by Crippen LogP contribution is -2.54. The van der Waals surface area contributed by atoms with Crippen LogP contribution in [0.4, 0.5) is 0 Å². The van der Waals surface area contributed by atoms with Crippen molar-refractivity contribution in [2.24, 2.45) is 0 Å². The number of thiophene rings is 1. The second-order valence-corrected chi connectivity index (χ2v) is 10.6. The third kappa shape index (κ3) is 5.30. The highest BCUT2D eigenvalue weighted by atomic mass is 35.5. The highest BCUT2D eigenvalue weighted by molar-refractivity contribution is 7.18. The molecule has 2 N–H and O–H groups in total. The van der Waals surface area contributed by atoms with Crippen LogP contribution in [0.15, 0.2) is 30.3 Å². The predicted octanol–water partition coefficient (Wildman–Crippen LogP) is 2.41. The van der Waals surface area contributed by atoms with Gasteiger partial charge in [0, 0.05) is 32.4 Å². The Balaban J connectivity index is 1.57. The number of Topliss-reactive ketones (excluding diaryl/α,β-unsaturated/α-hetero) is 1. The van der Waals surface area contributed by atoms with Crippen LogP contribution in [-0.2, 0) is 33.6 Å². The van der Waals surface area contributed by atoms with E-state index in [4.69, 9.17) is 16.3 Å². The number of likely N-dealkylation sites (N-methyl/N-ethyl adjacent to an activating group) is 1. The zero-order valence-electron chi connectivity index (χ0n) is 18.4. The Morgan fingerprint density at radius 1 is 1.24 bits per heavy atom. The molecule has 1 aliphatic heterocycles. The van der Waals surface area contributed by atoms with E-state index in [0.717, 1.165) is 42.8 Å². The summed E-state index contributed by atoms with van der Waals surface area (Å²) < 4.78 is 5.47. The number of rotatable bonds is 7. The van der Waals surface area contributed by atoms with Crippen LogP contribution in [-0.4, -0.2) is 66.1 Å². The maximum absolute atomic E-state index is 13.6. The number of amides is 1. The highest BCUT2D eigenvalue weighted by Crippen LogP contribution is 2.35. The van der Waals surface area contributed by atoms with Crippen molar-refractivity contribution in [3.8, 4) is 0 Å². The first kappa shape index (κ1) is 23.9. The Labute approximate surface area is 201 Å². The lowest BCUT2D eigenvalue weighted by atomic mass is 9.86. The molecule has 33 heavy (non-hydrogen) atoms. The first-order valence-electron chi connectivity index (χ1n) is 11.0. The third-order valence-electron chi connectivity index (χ3n) is 6.61. The third-order valence-corrected chi connectivity index (χ3v) is 7.84. The molecule has 1 aromatic heterocycles. The Morgan fingerprint density at radius 3 is 2.70 bits per heavy atom. The van der Waals surface area contributed by atoms with E-state index in [1.165, 1.54) is 11.1 Å². The second kappa shape index (κ2) is 9.93. The standard InChI is InChI=1S/C24H27ClN2O5S/c1-27-8-6-16-3-2-15(10-17(16)7-9-27)11-21(30)24(12-18(29)19(13-24)32-14-28)26-23(31)20-4-5-22(25)33-20/h2-5,10,14,18-19,29H,6-9,11-13H2,1H3,(H,26,31). The van der Waals surface area contributed by atoms with Crippen LogP contribution < -0.4 is 5.32 Å². The minimum Gasteiger partial charge on any atom is -0.462 e. The minimum atomic E-state index is -1.34. The number of ether oxygens (including phenoxy) is 1. The van der Waals surface area contributed by atoms with E-state index in [9.17, 15) is 19.5 Å². The number of nitrogens with zero attached hydrogens (tertiary/aromatic N) is 1. The molecular formula is C24H27ClN2O5S. The summed E-state index contributed by atoms with van der Waals surface area (Å²) in [6.07, 6.45) is 0.0884. The van der Waals surface area contributed by atoms with Crippen LogP contribution in [0.2, 0.25) is 4.34 Å².